The molecule has 2 nitrogen and oxygen atoms in total. The van der Waals surface area contributed by atoms with E-state index < -0.39 is 0 Å². The lowest BCUT2D eigenvalue weighted by Crippen LogP contribution is -2.56. The van der Waals surface area contributed by atoms with E-state index in [-0.39, 0.29) is 5.54 Å². The second kappa shape index (κ2) is 4.42. The highest BCUT2D eigenvalue weighted by atomic mass is 15.2. The molecule has 0 radical (unpaired) electrons. The topological polar surface area (TPSA) is 29.3 Å². The van der Waals surface area contributed by atoms with E-state index in [1.165, 1.54) is 25.7 Å². The van der Waals surface area contributed by atoms with Gasteiger partial charge in [0.2, 0.25) is 0 Å². The number of hydrogen-bond donors (Lipinski definition) is 1. The second-order valence-corrected chi connectivity index (χ2v) is 6.29. The second-order valence-electron chi connectivity index (χ2n) is 6.29. The van der Waals surface area contributed by atoms with Crippen LogP contribution in [0.5, 0.6) is 0 Å². The molecule has 15 heavy (non-hydrogen) atoms. The molecule has 2 heteroatoms. The van der Waals surface area contributed by atoms with Crippen molar-refractivity contribution in [1.29, 1.82) is 0 Å². The summed E-state index contributed by atoms with van der Waals surface area (Å²) in [6, 6.07) is 0.583. The van der Waals surface area contributed by atoms with Crippen molar-refractivity contribution in [3.63, 3.8) is 0 Å². The maximum absolute atomic E-state index is 6.01. The van der Waals surface area contributed by atoms with Gasteiger partial charge in [-0.3, -0.25) is 4.90 Å². The van der Waals surface area contributed by atoms with Gasteiger partial charge in [-0.05, 0) is 32.2 Å². The molecule has 1 saturated carbocycles. The third kappa shape index (κ3) is 2.54. The molecule has 0 heterocycles. The van der Waals surface area contributed by atoms with Crippen molar-refractivity contribution in [2.75, 3.05) is 13.6 Å². The first-order chi connectivity index (χ1) is 6.83. The fraction of sp³-hybridized carbons (Fsp3) is 1.00. The lowest BCUT2D eigenvalue weighted by atomic mass is 9.83. The van der Waals surface area contributed by atoms with Gasteiger partial charge in [-0.2, -0.15) is 0 Å². The molecule has 1 fully saturated rings. The van der Waals surface area contributed by atoms with E-state index in [1.807, 2.05) is 0 Å². The predicted molar refractivity (Wildman–Crippen MR) is 66.9 cm³/mol. The molecule has 1 aliphatic carbocycles. The Labute approximate surface area is 95.2 Å². The van der Waals surface area contributed by atoms with Crippen molar-refractivity contribution in [3.8, 4) is 0 Å². The van der Waals surface area contributed by atoms with Crippen LogP contribution in [0.4, 0.5) is 0 Å². The van der Waals surface area contributed by atoms with Gasteiger partial charge in [0.25, 0.3) is 0 Å². The van der Waals surface area contributed by atoms with Crippen LogP contribution in [0.2, 0.25) is 0 Å². The zero-order valence-corrected chi connectivity index (χ0v) is 11.1. The van der Waals surface area contributed by atoms with Gasteiger partial charge in [-0.25, -0.2) is 0 Å². The van der Waals surface area contributed by atoms with E-state index >= 15 is 0 Å². The molecule has 0 aromatic carbocycles. The normalized spacial score (nSPS) is 23.4. The predicted octanol–water partition coefficient (Wildman–Crippen LogP) is 2.62. The minimum atomic E-state index is 0.284. The number of hydrogen-bond acceptors (Lipinski definition) is 2. The van der Waals surface area contributed by atoms with E-state index in [2.05, 4.69) is 39.6 Å². The number of nitrogens with two attached hydrogens (primary N) is 1. The van der Waals surface area contributed by atoms with Crippen molar-refractivity contribution in [2.45, 2.75) is 65.0 Å². The van der Waals surface area contributed by atoms with Crippen molar-refractivity contribution < 1.29 is 0 Å². The maximum Gasteiger partial charge on any atom is 0.0331 e. The van der Waals surface area contributed by atoms with Crippen LogP contribution in [0.3, 0.4) is 0 Å². The molecule has 0 aromatic rings. The van der Waals surface area contributed by atoms with Gasteiger partial charge < -0.3 is 5.73 Å². The molecule has 90 valence electrons. The molecule has 1 unspecified atom stereocenters. The largest absolute Gasteiger partial charge is 0.329 e. The first kappa shape index (κ1) is 13.0. The Kier molecular flexibility index (Phi) is 3.83. The Morgan fingerprint density at radius 2 is 1.73 bits per heavy atom. The van der Waals surface area contributed by atoms with Crippen molar-refractivity contribution in [1.82, 2.24) is 4.90 Å². The van der Waals surface area contributed by atoms with Crippen LogP contribution in [0, 0.1) is 5.41 Å². The van der Waals surface area contributed by atoms with Crippen LogP contribution < -0.4 is 5.73 Å². The lowest BCUT2D eigenvalue weighted by Gasteiger charge is -2.46. The smallest absolute Gasteiger partial charge is 0.0331 e. The first-order valence-electron chi connectivity index (χ1n) is 6.26. The molecule has 0 saturated heterocycles. The third-order valence-electron chi connectivity index (χ3n) is 4.50. The van der Waals surface area contributed by atoms with Gasteiger partial charge in [0.1, 0.15) is 0 Å². The molecule has 1 rings (SSSR count). The molecule has 0 amide bonds. The standard InChI is InChI=1S/C13H28N2/c1-11(12(2,3)4)15(5)13(10-14)8-6-7-9-13/h11H,6-10,14H2,1-5H3. The lowest BCUT2D eigenvalue weighted by molar-refractivity contribution is 0.0352. The Morgan fingerprint density at radius 1 is 1.27 bits per heavy atom. The molecule has 1 atom stereocenters. The van der Waals surface area contributed by atoms with E-state index in [0.29, 0.717) is 11.5 Å². The van der Waals surface area contributed by atoms with E-state index in [4.69, 9.17) is 5.73 Å². The number of likely N-dealkylation sites (N-methyl/N-ethyl adjacent to an activating group) is 1. The maximum atomic E-state index is 6.01. The number of rotatable bonds is 3. The van der Waals surface area contributed by atoms with Gasteiger partial charge in [0, 0.05) is 18.1 Å². The minimum absolute atomic E-state index is 0.284. The minimum Gasteiger partial charge on any atom is -0.329 e. The summed E-state index contributed by atoms with van der Waals surface area (Å²) in [7, 11) is 2.26. The molecule has 0 spiro atoms. The molecule has 0 aromatic heterocycles. The molecular formula is C13H28N2. The van der Waals surface area contributed by atoms with Crippen LogP contribution in [0.25, 0.3) is 0 Å². The summed E-state index contributed by atoms with van der Waals surface area (Å²) >= 11 is 0. The summed E-state index contributed by atoms with van der Waals surface area (Å²) in [6.07, 6.45) is 5.25. The van der Waals surface area contributed by atoms with Gasteiger partial charge in [0.15, 0.2) is 0 Å². The van der Waals surface area contributed by atoms with Crippen molar-refractivity contribution >= 4 is 0 Å². The fourth-order valence-electron chi connectivity index (χ4n) is 2.73. The summed E-state index contributed by atoms with van der Waals surface area (Å²) < 4.78 is 0. The SMILES string of the molecule is CC(N(C)C1(CN)CCCC1)C(C)(C)C. The fourth-order valence-corrected chi connectivity index (χ4v) is 2.73. The van der Waals surface area contributed by atoms with E-state index in [0.717, 1.165) is 6.54 Å². The Bertz CT molecular complexity index is 199. The van der Waals surface area contributed by atoms with E-state index in [1.54, 1.807) is 0 Å². The first-order valence-corrected chi connectivity index (χ1v) is 6.26. The van der Waals surface area contributed by atoms with Crippen molar-refractivity contribution in [2.24, 2.45) is 11.1 Å². The van der Waals surface area contributed by atoms with Gasteiger partial charge in [-0.15, -0.1) is 0 Å². The van der Waals surface area contributed by atoms with Crippen molar-refractivity contribution in [3.05, 3.63) is 0 Å². The molecule has 2 N–H and O–H groups in total. The number of nitrogens with zero attached hydrogens (tertiary/aromatic N) is 1. The average Bonchev–Trinajstić information content (AvgIpc) is 2.63. The van der Waals surface area contributed by atoms with Crippen LogP contribution in [0.15, 0.2) is 0 Å². The Morgan fingerprint density at radius 3 is 2.07 bits per heavy atom. The molecule has 0 aliphatic heterocycles. The highest BCUT2D eigenvalue weighted by Crippen LogP contribution is 2.37. The monoisotopic (exact) mass is 212 g/mol. The van der Waals surface area contributed by atoms with Gasteiger partial charge in [0.05, 0.1) is 0 Å². The zero-order valence-electron chi connectivity index (χ0n) is 11.1. The summed E-state index contributed by atoms with van der Waals surface area (Å²) in [6.45, 7) is 10.1. The Hall–Kier alpha value is -0.0800. The average molecular weight is 212 g/mol. The van der Waals surface area contributed by atoms with E-state index in [9.17, 15) is 0 Å². The molecule has 0 bridgehead atoms. The quantitative estimate of drug-likeness (QED) is 0.779. The van der Waals surface area contributed by atoms with Crippen LogP contribution in [0.1, 0.15) is 53.4 Å². The van der Waals surface area contributed by atoms with Gasteiger partial charge >= 0.3 is 0 Å². The highest BCUT2D eigenvalue weighted by molar-refractivity contribution is 4.98. The van der Waals surface area contributed by atoms with Crippen LogP contribution in [-0.4, -0.2) is 30.1 Å². The van der Waals surface area contributed by atoms with Gasteiger partial charge in [-0.1, -0.05) is 33.6 Å². The highest BCUT2D eigenvalue weighted by Gasteiger charge is 2.40. The Balaban J connectivity index is 2.77. The summed E-state index contributed by atoms with van der Waals surface area (Å²) in [5.74, 6) is 0. The van der Waals surface area contributed by atoms with Crippen LogP contribution in [-0.2, 0) is 0 Å². The molecule has 1 aliphatic rings. The zero-order chi connectivity index (χ0) is 11.7. The molecular weight excluding hydrogens is 184 g/mol. The third-order valence-corrected chi connectivity index (χ3v) is 4.50. The summed E-state index contributed by atoms with van der Waals surface area (Å²) in [5, 5.41) is 0. The van der Waals surface area contributed by atoms with Crippen LogP contribution >= 0.6 is 0 Å². The summed E-state index contributed by atoms with van der Waals surface area (Å²) in [4.78, 5) is 2.54. The summed E-state index contributed by atoms with van der Waals surface area (Å²) in [5.41, 5.74) is 6.63.